The lowest BCUT2D eigenvalue weighted by Crippen LogP contribution is -2.58. The van der Waals surface area contributed by atoms with Crippen molar-refractivity contribution in [3.8, 4) is 0 Å². The molecule has 4 amide bonds. The number of rotatable bonds is 18. The van der Waals surface area contributed by atoms with Gasteiger partial charge in [-0.1, -0.05) is 101 Å². The molecule has 4 aliphatic heterocycles. The second-order valence-electron chi connectivity index (χ2n) is 21.3. The third kappa shape index (κ3) is 11.6. The highest BCUT2D eigenvalue weighted by Gasteiger charge is 2.57. The number of carbonyl (C=O) groups is 4. The van der Waals surface area contributed by atoms with Gasteiger partial charge in [0.1, 0.15) is 24.2 Å². The highest BCUT2D eigenvalue weighted by atomic mass is 32.2. The monoisotopic (exact) mass is 1050 g/mol. The maximum Gasteiger partial charge on any atom is 0.246 e. The summed E-state index contributed by atoms with van der Waals surface area (Å²) < 4.78 is 19.1. The number of nitrogens with zero attached hydrogens (tertiary/aromatic N) is 2. The lowest BCUT2D eigenvalue weighted by Gasteiger charge is -2.35. The van der Waals surface area contributed by atoms with Crippen LogP contribution in [-0.2, 0) is 46.2 Å². The number of nitrogens with one attached hydrogen (secondary N) is 6. The molecule has 0 aromatic heterocycles. The summed E-state index contributed by atoms with van der Waals surface area (Å²) in [7, 11) is 3.68. The minimum absolute atomic E-state index is 0.0883. The first kappa shape index (κ1) is 53.9. The molecule has 388 valence electrons. The minimum Gasteiger partial charge on any atom is -0.377 e. The summed E-state index contributed by atoms with van der Waals surface area (Å²) in [5, 5.41) is 19.4. The number of thioether (sulfide) groups is 2. The fraction of sp³-hybridized carbons (Fsp3) is 0.654. The molecule has 0 saturated carbocycles. The van der Waals surface area contributed by atoms with Crippen LogP contribution in [0.5, 0.6) is 0 Å². The van der Waals surface area contributed by atoms with Crippen molar-refractivity contribution in [2.24, 2.45) is 10.8 Å². The molecular weight excluding hydrogens is 977 g/mol. The van der Waals surface area contributed by atoms with Gasteiger partial charge in [-0.2, -0.15) is 0 Å². The van der Waals surface area contributed by atoms with Gasteiger partial charge in [-0.3, -0.25) is 19.2 Å². The smallest absolute Gasteiger partial charge is 0.246 e. The number of fused-ring (bicyclic) bond motifs is 4. The Morgan fingerprint density at radius 3 is 1.44 bits per heavy atom. The van der Waals surface area contributed by atoms with Crippen LogP contribution in [0.15, 0.2) is 48.5 Å². The number of amides is 4. The van der Waals surface area contributed by atoms with Crippen molar-refractivity contribution in [1.82, 2.24) is 41.7 Å². The number of benzene rings is 2. The van der Waals surface area contributed by atoms with Crippen molar-refractivity contribution in [3.63, 3.8) is 0 Å². The van der Waals surface area contributed by atoms with Crippen molar-refractivity contribution < 1.29 is 33.4 Å². The molecule has 0 radical (unpaired) electrons. The van der Waals surface area contributed by atoms with Crippen LogP contribution < -0.4 is 31.9 Å². The van der Waals surface area contributed by atoms with Crippen molar-refractivity contribution in [2.75, 3.05) is 52.0 Å². The Balaban J connectivity index is 0.858. The highest BCUT2D eigenvalue weighted by Crippen LogP contribution is 2.48. The van der Waals surface area contributed by atoms with Gasteiger partial charge in [0.2, 0.25) is 23.6 Å². The SMILES string of the molecule is CN[C@@H](C)C(=S)N[C@H]1CCSC2CC(C)(C)[C@@H](C(=O)N[C@H]3c4ccccc4C[C@H]3OCCOCCO[C@@H]3Cc4ccccc4[C@@H]3NC(=O)[C@H]3N4C(=O)[C@@H](NC(=S)[C@H](C)NC)CCSC4CC3(C)C)N2C1=O. The normalized spacial score (nSPS) is 30.3. The topological polar surface area (TPSA) is 175 Å². The van der Waals surface area contributed by atoms with Gasteiger partial charge in [0.25, 0.3) is 0 Å². The molecule has 4 saturated heterocycles. The Morgan fingerprint density at radius 1 is 0.648 bits per heavy atom. The molecule has 4 heterocycles. The van der Waals surface area contributed by atoms with Gasteiger partial charge >= 0.3 is 0 Å². The van der Waals surface area contributed by atoms with Gasteiger partial charge in [-0.25, -0.2) is 0 Å². The van der Waals surface area contributed by atoms with Crippen molar-refractivity contribution in [2.45, 2.75) is 151 Å². The largest absolute Gasteiger partial charge is 0.377 e. The molecule has 0 spiro atoms. The van der Waals surface area contributed by atoms with E-state index in [1.54, 1.807) is 23.5 Å². The number of thiocarbonyl (C=S) groups is 2. The molecule has 2 aromatic carbocycles. The summed E-state index contributed by atoms with van der Waals surface area (Å²) in [5.41, 5.74) is 3.35. The van der Waals surface area contributed by atoms with E-state index in [1.165, 1.54) is 0 Å². The van der Waals surface area contributed by atoms with Crippen LogP contribution >= 0.6 is 48.0 Å². The first-order valence-corrected chi connectivity index (χ1v) is 28.3. The minimum atomic E-state index is -0.667. The van der Waals surface area contributed by atoms with Crippen molar-refractivity contribution in [1.29, 1.82) is 0 Å². The van der Waals surface area contributed by atoms with Crippen LogP contribution in [0.4, 0.5) is 0 Å². The molecule has 12 atom stereocenters. The number of likely N-dealkylation sites (N-methyl/N-ethyl adjacent to an activating group) is 2. The molecule has 2 aromatic rings. The summed E-state index contributed by atoms with van der Waals surface area (Å²) >= 11 is 14.7. The Hall–Kier alpha value is -3.40. The van der Waals surface area contributed by atoms with E-state index in [9.17, 15) is 19.2 Å². The fourth-order valence-corrected chi connectivity index (χ4v) is 15.1. The zero-order valence-electron chi connectivity index (χ0n) is 42.4. The zero-order valence-corrected chi connectivity index (χ0v) is 45.7. The maximum absolute atomic E-state index is 14.6. The molecule has 8 rings (SSSR count). The van der Waals surface area contributed by atoms with Crippen LogP contribution in [0.25, 0.3) is 0 Å². The van der Waals surface area contributed by atoms with E-state index in [-0.39, 0.29) is 58.7 Å². The van der Waals surface area contributed by atoms with Crippen LogP contribution in [0.1, 0.15) is 102 Å². The van der Waals surface area contributed by atoms with Crippen LogP contribution in [-0.4, -0.2) is 155 Å². The molecular formula is C52H74N8O7S4. The Kier molecular flexibility index (Phi) is 17.5. The number of hydrogen-bond donors (Lipinski definition) is 6. The van der Waals surface area contributed by atoms with E-state index >= 15 is 0 Å². The van der Waals surface area contributed by atoms with E-state index in [4.69, 9.17) is 38.6 Å². The number of carbonyl (C=O) groups excluding carboxylic acids is 4. The van der Waals surface area contributed by atoms with E-state index in [0.29, 0.717) is 74.9 Å². The molecule has 71 heavy (non-hydrogen) atoms. The lowest BCUT2D eigenvalue weighted by molar-refractivity contribution is -0.143. The van der Waals surface area contributed by atoms with Crippen LogP contribution in [0.3, 0.4) is 0 Å². The lowest BCUT2D eigenvalue weighted by atomic mass is 9.83. The van der Waals surface area contributed by atoms with Gasteiger partial charge in [0.15, 0.2) is 0 Å². The Morgan fingerprint density at radius 2 is 1.04 bits per heavy atom. The van der Waals surface area contributed by atoms with E-state index in [2.05, 4.69) is 71.7 Å². The summed E-state index contributed by atoms with van der Waals surface area (Å²) in [6.07, 6.45) is 3.29. The third-order valence-electron chi connectivity index (χ3n) is 15.5. The molecule has 15 nitrogen and oxygen atoms in total. The molecule has 2 aliphatic carbocycles. The summed E-state index contributed by atoms with van der Waals surface area (Å²) in [5.74, 6) is 1.03. The van der Waals surface area contributed by atoms with E-state index in [1.807, 2.05) is 74.1 Å². The summed E-state index contributed by atoms with van der Waals surface area (Å²) in [6, 6.07) is 12.9. The maximum atomic E-state index is 14.6. The Labute approximate surface area is 439 Å². The van der Waals surface area contributed by atoms with E-state index in [0.717, 1.165) is 33.8 Å². The first-order chi connectivity index (χ1) is 33.9. The van der Waals surface area contributed by atoms with Gasteiger partial charge in [-0.15, -0.1) is 23.5 Å². The Bertz CT molecular complexity index is 2150. The zero-order chi connectivity index (χ0) is 50.8. The van der Waals surface area contributed by atoms with Crippen LogP contribution in [0, 0.1) is 10.8 Å². The molecule has 19 heteroatoms. The second-order valence-corrected chi connectivity index (χ2v) is 24.7. The number of ether oxygens (including phenoxy) is 3. The second kappa shape index (κ2) is 23.0. The van der Waals surface area contributed by atoms with E-state index < -0.39 is 47.1 Å². The van der Waals surface area contributed by atoms with Gasteiger partial charge < -0.3 is 55.9 Å². The predicted octanol–water partition coefficient (Wildman–Crippen LogP) is 4.57. The fourth-order valence-electron chi connectivity index (χ4n) is 11.4. The summed E-state index contributed by atoms with van der Waals surface area (Å²) in [6.45, 7) is 13.5. The predicted molar refractivity (Wildman–Crippen MR) is 288 cm³/mol. The number of hydrogen-bond acceptors (Lipinski definition) is 13. The first-order valence-electron chi connectivity index (χ1n) is 25.3. The highest BCUT2D eigenvalue weighted by molar-refractivity contribution is 8.00. The van der Waals surface area contributed by atoms with Gasteiger partial charge in [0.05, 0.1) is 83.5 Å². The summed E-state index contributed by atoms with van der Waals surface area (Å²) in [4.78, 5) is 62.7. The quantitative estimate of drug-likeness (QED) is 0.0906. The molecule has 6 N–H and O–H groups in total. The average Bonchev–Trinajstić information content (AvgIpc) is 3.98. The van der Waals surface area contributed by atoms with Crippen molar-refractivity contribution >= 4 is 81.6 Å². The standard InChI is InChI=1S/C52H74N8O7S4/c1-29(53-7)47(68)55-35-17-23-70-39-27-51(3,4)43(59(39)49(35)63)45(61)57-41-33-15-11-9-13-31(33)25-37(41)66-21-19-65-20-22-67-38-26-32-14-10-12-16-34(32)42(38)58-46(62)44-52(5,6)28-40-60(44)50(64)36(18-24-71-40)56-48(69)30(2)54-8/h9-16,29-30,35-44,53-54H,17-28H2,1-8H3,(H,55,68)(H,56,69)(H,57,61)(H,58,62)/t29-,30-,35-,36-,37+,38+,39?,40?,41-,42-,43+,44+/m0/s1. The molecule has 2 unspecified atom stereocenters. The van der Waals surface area contributed by atoms with Gasteiger partial charge in [-0.05, 0) is 98.2 Å². The molecule has 6 aliphatic rings. The average molecular weight is 1050 g/mol. The molecule has 4 fully saturated rings. The third-order valence-corrected chi connectivity index (χ3v) is 18.9. The van der Waals surface area contributed by atoms with Gasteiger partial charge in [0, 0.05) is 12.8 Å². The van der Waals surface area contributed by atoms with Crippen molar-refractivity contribution in [3.05, 3.63) is 70.8 Å². The molecule has 0 bridgehead atoms. The van der Waals surface area contributed by atoms with Crippen LogP contribution in [0.2, 0.25) is 0 Å².